The van der Waals surface area contributed by atoms with Crippen LogP contribution in [0.1, 0.15) is 47.2 Å². The molecule has 10 heteroatoms. The second-order valence-electron chi connectivity index (χ2n) is 9.64. The number of aryl methyl sites for hydroxylation is 3. The fraction of sp³-hybridized carbons (Fsp3) is 0.357. The maximum atomic E-state index is 13.2. The molecule has 3 heterocycles. The van der Waals surface area contributed by atoms with Crippen LogP contribution < -0.4 is 4.90 Å². The summed E-state index contributed by atoms with van der Waals surface area (Å²) in [7, 11) is 0. The third kappa shape index (κ3) is 4.81. The molecule has 5 rings (SSSR count). The number of piperazine rings is 1. The Bertz CT molecular complexity index is 1490. The number of anilines is 1. The smallest absolute Gasteiger partial charge is 0.273 e. The number of rotatable bonds is 7. The van der Waals surface area contributed by atoms with Crippen molar-refractivity contribution in [2.45, 2.75) is 40.0 Å². The lowest BCUT2D eigenvalue weighted by Gasteiger charge is -2.35. The van der Waals surface area contributed by atoms with E-state index in [1.165, 1.54) is 6.07 Å². The molecule has 196 valence electrons. The molecule has 1 saturated heterocycles. The Kier molecular flexibility index (Phi) is 7.04. The highest BCUT2D eigenvalue weighted by atomic mass is 16.6. The summed E-state index contributed by atoms with van der Waals surface area (Å²) in [6, 6.07) is 14.6. The SMILES string of the molecule is CCCCc1nc(N2CCN(C(=O)c3ccc(C)c([N+](=O)[O-])c3)CC2)c2c(C)nn(-c3ccccc3)c2n1. The second kappa shape index (κ2) is 10.6. The van der Waals surface area contributed by atoms with E-state index in [1.54, 1.807) is 24.0 Å². The molecule has 1 fully saturated rings. The van der Waals surface area contributed by atoms with Crippen molar-refractivity contribution in [1.82, 2.24) is 24.6 Å². The average Bonchev–Trinajstić information content (AvgIpc) is 3.28. The minimum Gasteiger partial charge on any atom is -0.352 e. The number of amides is 1. The van der Waals surface area contributed by atoms with Crippen LogP contribution in [0.15, 0.2) is 48.5 Å². The predicted octanol–water partition coefficient (Wildman–Crippen LogP) is 4.65. The van der Waals surface area contributed by atoms with Crippen LogP contribution in [-0.2, 0) is 6.42 Å². The van der Waals surface area contributed by atoms with Crippen molar-refractivity contribution in [2.75, 3.05) is 31.1 Å². The van der Waals surface area contributed by atoms with Gasteiger partial charge in [-0.2, -0.15) is 5.10 Å². The largest absolute Gasteiger partial charge is 0.352 e. The third-order valence-corrected chi connectivity index (χ3v) is 7.00. The van der Waals surface area contributed by atoms with Gasteiger partial charge in [-0.15, -0.1) is 0 Å². The molecule has 1 aliphatic heterocycles. The van der Waals surface area contributed by atoms with E-state index >= 15 is 0 Å². The van der Waals surface area contributed by atoms with Crippen LogP contribution in [0, 0.1) is 24.0 Å². The summed E-state index contributed by atoms with van der Waals surface area (Å²) in [5.41, 5.74) is 3.42. The van der Waals surface area contributed by atoms with Crippen molar-refractivity contribution >= 4 is 28.4 Å². The Morgan fingerprint density at radius 3 is 2.45 bits per heavy atom. The number of unbranched alkanes of at least 4 members (excludes halogenated alkanes) is 1. The van der Waals surface area contributed by atoms with Gasteiger partial charge in [0.25, 0.3) is 11.6 Å². The molecule has 0 atom stereocenters. The van der Waals surface area contributed by atoms with Crippen LogP contribution in [0.25, 0.3) is 16.7 Å². The van der Waals surface area contributed by atoms with Gasteiger partial charge in [0.05, 0.1) is 21.7 Å². The van der Waals surface area contributed by atoms with Gasteiger partial charge >= 0.3 is 0 Å². The maximum Gasteiger partial charge on any atom is 0.273 e. The molecule has 0 saturated carbocycles. The number of carbonyl (C=O) groups is 1. The summed E-state index contributed by atoms with van der Waals surface area (Å²) < 4.78 is 1.88. The Morgan fingerprint density at radius 1 is 1.03 bits per heavy atom. The Labute approximate surface area is 221 Å². The summed E-state index contributed by atoms with van der Waals surface area (Å²) >= 11 is 0. The van der Waals surface area contributed by atoms with Gasteiger partial charge in [0.1, 0.15) is 11.6 Å². The van der Waals surface area contributed by atoms with E-state index in [-0.39, 0.29) is 11.6 Å². The van der Waals surface area contributed by atoms with Gasteiger partial charge in [-0.25, -0.2) is 14.6 Å². The molecule has 1 aliphatic rings. The van der Waals surface area contributed by atoms with Gasteiger partial charge in [-0.1, -0.05) is 37.6 Å². The van der Waals surface area contributed by atoms with Crippen LogP contribution in [0.4, 0.5) is 11.5 Å². The molecule has 0 spiro atoms. The molecule has 1 amide bonds. The van der Waals surface area contributed by atoms with Gasteiger partial charge in [0.15, 0.2) is 5.65 Å². The Balaban J connectivity index is 1.44. The van der Waals surface area contributed by atoms with E-state index < -0.39 is 4.92 Å². The number of nitro benzene ring substituents is 1. The normalized spacial score (nSPS) is 13.8. The van der Waals surface area contributed by atoms with Crippen molar-refractivity contribution < 1.29 is 9.72 Å². The molecule has 0 unspecified atom stereocenters. The highest BCUT2D eigenvalue weighted by Crippen LogP contribution is 2.30. The minimum atomic E-state index is -0.446. The zero-order valence-corrected chi connectivity index (χ0v) is 21.9. The molecule has 0 N–H and O–H groups in total. The molecule has 4 aromatic rings. The molecular formula is C28H31N7O3. The molecule has 2 aromatic heterocycles. The number of nitro groups is 1. The lowest BCUT2D eigenvalue weighted by atomic mass is 10.1. The first-order chi connectivity index (χ1) is 18.4. The summed E-state index contributed by atoms with van der Waals surface area (Å²) in [4.78, 5) is 37.9. The molecule has 0 radical (unpaired) electrons. The number of carbonyl (C=O) groups excluding carboxylic acids is 1. The van der Waals surface area contributed by atoms with E-state index in [9.17, 15) is 14.9 Å². The standard InChI is InChI=1S/C28H31N7O3/c1-4-5-11-24-29-26(25-20(3)31-34(27(25)30-24)22-9-7-6-8-10-22)32-14-16-33(17-15-32)28(36)21-13-12-19(2)23(18-21)35(37)38/h6-10,12-13,18H,4-5,11,14-17H2,1-3H3. The van der Waals surface area contributed by atoms with E-state index in [1.807, 2.05) is 41.9 Å². The molecule has 0 bridgehead atoms. The number of benzene rings is 2. The summed E-state index contributed by atoms with van der Waals surface area (Å²) in [6.07, 6.45) is 2.82. The lowest BCUT2D eigenvalue weighted by Crippen LogP contribution is -2.49. The fourth-order valence-electron chi connectivity index (χ4n) is 4.87. The van der Waals surface area contributed by atoms with E-state index in [2.05, 4.69) is 11.8 Å². The Hall–Kier alpha value is -4.34. The van der Waals surface area contributed by atoms with Gasteiger partial charge in [0, 0.05) is 49.8 Å². The van der Waals surface area contributed by atoms with Crippen molar-refractivity contribution in [3.05, 3.63) is 81.3 Å². The van der Waals surface area contributed by atoms with Gasteiger partial charge in [-0.3, -0.25) is 14.9 Å². The van der Waals surface area contributed by atoms with Crippen molar-refractivity contribution in [2.24, 2.45) is 0 Å². The Morgan fingerprint density at radius 2 is 1.76 bits per heavy atom. The van der Waals surface area contributed by atoms with Crippen LogP contribution in [0.5, 0.6) is 0 Å². The fourth-order valence-corrected chi connectivity index (χ4v) is 4.87. The summed E-state index contributed by atoms with van der Waals surface area (Å²) in [6.45, 7) is 7.96. The molecule has 38 heavy (non-hydrogen) atoms. The van der Waals surface area contributed by atoms with Crippen LogP contribution in [0.2, 0.25) is 0 Å². The topological polar surface area (TPSA) is 110 Å². The number of hydrogen-bond donors (Lipinski definition) is 0. The van der Waals surface area contributed by atoms with Gasteiger partial charge in [0.2, 0.25) is 0 Å². The first-order valence-electron chi connectivity index (χ1n) is 13.0. The number of aromatic nitrogens is 4. The predicted molar refractivity (Wildman–Crippen MR) is 146 cm³/mol. The summed E-state index contributed by atoms with van der Waals surface area (Å²) in [5.74, 6) is 1.44. The number of fused-ring (bicyclic) bond motifs is 1. The monoisotopic (exact) mass is 513 g/mol. The maximum absolute atomic E-state index is 13.2. The molecule has 2 aromatic carbocycles. The van der Waals surface area contributed by atoms with E-state index in [4.69, 9.17) is 15.1 Å². The van der Waals surface area contributed by atoms with Crippen LogP contribution in [0.3, 0.4) is 0 Å². The van der Waals surface area contributed by atoms with Crippen molar-refractivity contribution in [3.63, 3.8) is 0 Å². The van der Waals surface area contributed by atoms with E-state index in [0.717, 1.165) is 53.3 Å². The lowest BCUT2D eigenvalue weighted by molar-refractivity contribution is -0.385. The van der Waals surface area contributed by atoms with Gasteiger partial charge in [-0.05, 0) is 38.5 Å². The number of para-hydroxylation sites is 1. The third-order valence-electron chi connectivity index (χ3n) is 7.00. The summed E-state index contributed by atoms with van der Waals surface area (Å²) in [5, 5.41) is 17.1. The highest BCUT2D eigenvalue weighted by Gasteiger charge is 2.27. The zero-order valence-electron chi connectivity index (χ0n) is 21.9. The zero-order chi connectivity index (χ0) is 26.8. The second-order valence-corrected chi connectivity index (χ2v) is 9.64. The molecule has 10 nitrogen and oxygen atoms in total. The first-order valence-corrected chi connectivity index (χ1v) is 13.0. The average molecular weight is 514 g/mol. The number of nitrogens with zero attached hydrogens (tertiary/aromatic N) is 7. The molecule has 0 aliphatic carbocycles. The van der Waals surface area contributed by atoms with E-state index in [0.29, 0.717) is 37.3 Å². The minimum absolute atomic E-state index is 0.0385. The van der Waals surface area contributed by atoms with Crippen LogP contribution >= 0.6 is 0 Å². The van der Waals surface area contributed by atoms with Crippen LogP contribution in [-0.4, -0.2) is 61.7 Å². The van der Waals surface area contributed by atoms with Crippen molar-refractivity contribution in [1.29, 1.82) is 0 Å². The molecular weight excluding hydrogens is 482 g/mol. The highest BCUT2D eigenvalue weighted by molar-refractivity contribution is 5.95. The first kappa shape index (κ1) is 25.3. The quantitative estimate of drug-likeness (QED) is 0.261. The van der Waals surface area contributed by atoms with Crippen molar-refractivity contribution in [3.8, 4) is 5.69 Å². The number of hydrogen-bond acceptors (Lipinski definition) is 7. The van der Waals surface area contributed by atoms with Gasteiger partial charge < -0.3 is 9.80 Å².